The number of aromatic nitrogens is 4. The number of tetrazole rings is 1. The van der Waals surface area contributed by atoms with E-state index < -0.39 is 8.13 Å². The maximum Gasteiger partial charge on any atom is 0.230 e. The van der Waals surface area contributed by atoms with E-state index in [1.54, 1.807) is 0 Å². The molecule has 0 aliphatic heterocycles. The van der Waals surface area contributed by atoms with E-state index in [4.69, 9.17) is 58.0 Å². The number of hydrogen-bond donors (Lipinski definition) is 0. The Balaban J connectivity index is 2.76. The minimum atomic E-state index is -1.91. The lowest BCUT2D eigenvalue weighted by atomic mass is 10.2. The summed E-state index contributed by atoms with van der Waals surface area (Å²) in [7, 11) is 0. The second-order valence-corrected chi connectivity index (χ2v) is 7.47. The summed E-state index contributed by atoms with van der Waals surface area (Å²) >= 11 is 29.3. The number of hydrogen-bond acceptors (Lipinski definition) is 3. The first-order chi connectivity index (χ1) is 8.30. The summed E-state index contributed by atoms with van der Waals surface area (Å²) in [6, 6.07) is 0. The van der Waals surface area contributed by atoms with Crippen LogP contribution in [0.3, 0.4) is 0 Å². The van der Waals surface area contributed by atoms with Crippen molar-refractivity contribution >= 4 is 58.0 Å². The van der Waals surface area contributed by atoms with Crippen molar-refractivity contribution < 1.29 is 0 Å². The molecule has 0 radical (unpaired) electrons. The van der Waals surface area contributed by atoms with Crippen LogP contribution in [0.15, 0.2) is 0 Å². The highest BCUT2D eigenvalue weighted by molar-refractivity contribution is 6.75. The Morgan fingerprint density at radius 1 is 1.06 bits per heavy atom. The Kier molecular flexibility index (Phi) is 6.26. The molecule has 0 aliphatic carbocycles. The first-order valence-electron chi connectivity index (χ1n) is 5.52. The number of rotatable bonds is 6. The molecule has 0 saturated carbocycles. The maximum absolute atomic E-state index is 6.03. The van der Waals surface area contributed by atoms with Gasteiger partial charge in [0.2, 0.25) is 8.13 Å². The zero-order valence-electron chi connectivity index (χ0n) is 9.71. The summed E-state index contributed by atoms with van der Waals surface area (Å²) in [5, 5.41) is 11.1. The molecule has 1 heterocycles. The fourth-order valence-corrected chi connectivity index (χ4v) is 1.92. The fraction of sp³-hybridized carbons (Fsp3) is 0.889. The van der Waals surface area contributed by atoms with Crippen LogP contribution in [0.1, 0.15) is 38.4 Å². The van der Waals surface area contributed by atoms with Crippen molar-refractivity contribution in [3.8, 4) is 0 Å². The molecule has 9 heteroatoms. The molecule has 0 fully saturated rings. The normalized spacial score (nSPS) is 13.0. The van der Waals surface area contributed by atoms with Gasteiger partial charge in [-0.25, -0.2) is 4.68 Å². The summed E-state index contributed by atoms with van der Waals surface area (Å²) in [5.74, 6) is 0.141. The second kappa shape index (κ2) is 6.80. The van der Waals surface area contributed by atoms with Gasteiger partial charge in [-0.2, -0.15) is 0 Å². The van der Waals surface area contributed by atoms with Crippen LogP contribution in [-0.2, 0) is 10.9 Å². The molecule has 18 heavy (non-hydrogen) atoms. The summed E-state index contributed by atoms with van der Waals surface area (Å²) < 4.78 is -2.23. The van der Waals surface area contributed by atoms with E-state index in [1.165, 1.54) is 4.68 Å². The maximum atomic E-state index is 6.03. The second-order valence-electron chi connectivity index (χ2n) is 3.86. The van der Waals surface area contributed by atoms with E-state index in [9.17, 15) is 0 Å². The van der Waals surface area contributed by atoms with Crippen molar-refractivity contribution in [2.24, 2.45) is 0 Å². The van der Waals surface area contributed by atoms with Crippen LogP contribution in [0.2, 0.25) is 0 Å². The predicted molar refractivity (Wildman–Crippen MR) is 75.6 cm³/mol. The molecule has 4 nitrogen and oxygen atoms in total. The molecule has 0 spiro atoms. The standard InChI is InChI=1S/C9H13Cl5N4/c1-2-3-4-5-6-18-7(15-16-17-18)8(10,11)9(12,13)14/h2-6H2,1H3. The molecule has 0 unspecified atom stereocenters. The van der Waals surface area contributed by atoms with Crippen molar-refractivity contribution in [1.82, 2.24) is 20.2 Å². The Morgan fingerprint density at radius 3 is 2.28 bits per heavy atom. The Labute approximate surface area is 131 Å². The number of halogens is 5. The van der Waals surface area contributed by atoms with E-state index in [1.807, 2.05) is 0 Å². The molecule has 1 aromatic heterocycles. The molecule has 0 N–H and O–H groups in total. The minimum Gasteiger partial charge on any atom is -0.227 e. The van der Waals surface area contributed by atoms with Gasteiger partial charge in [0.1, 0.15) is 0 Å². The molecule has 0 aromatic carbocycles. The molecule has 0 amide bonds. The van der Waals surface area contributed by atoms with Crippen LogP contribution < -0.4 is 0 Å². The third-order valence-corrected chi connectivity index (χ3v) is 4.73. The van der Waals surface area contributed by atoms with Crippen molar-refractivity contribution in [3.05, 3.63) is 5.82 Å². The van der Waals surface area contributed by atoms with Crippen LogP contribution >= 0.6 is 58.0 Å². The highest BCUT2D eigenvalue weighted by Gasteiger charge is 2.51. The van der Waals surface area contributed by atoms with E-state index in [-0.39, 0.29) is 5.82 Å². The Hall–Kier alpha value is 0.520. The minimum absolute atomic E-state index is 0.141. The average molecular weight is 354 g/mol. The Bertz CT molecular complexity index is 373. The number of nitrogens with zero attached hydrogens (tertiary/aromatic N) is 4. The SMILES string of the molecule is CCCCCCn1nnnc1C(Cl)(Cl)C(Cl)(Cl)Cl. The highest BCUT2D eigenvalue weighted by Crippen LogP contribution is 2.51. The topological polar surface area (TPSA) is 43.6 Å². The molecule has 0 aliphatic rings. The lowest BCUT2D eigenvalue weighted by molar-refractivity contribution is 0.503. The number of alkyl halides is 5. The molecule has 104 valence electrons. The summed E-state index contributed by atoms with van der Waals surface area (Å²) in [6.07, 6.45) is 4.27. The monoisotopic (exact) mass is 352 g/mol. The first-order valence-corrected chi connectivity index (χ1v) is 7.41. The van der Waals surface area contributed by atoms with Gasteiger partial charge in [0.15, 0.2) is 5.82 Å². The van der Waals surface area contributed by atoms with Crippen LogP contribution in [0.4, 0.5) is 0 Å². The first kappa shape index (κ1) is 16.6. The van der Waals surface area contributed by atoms with Crippen molar-refractivity contribution in [2.45, 2.75) is 47.3 Å². The quantitative estimate of drug-likeness (QED) is 0.566. The van der Waals surface area contributed by atoms with Gasteiger partial charge in [0, 0.05) is 6.54 Å². The third-order valence-electron chi connectivity index (χ3n) is 2.39. The molecule has 0 atom stereocenters. The van der Waals surface area contributed by atoms with Gasteiger partial charge < -0.3 is 0 Å². The van der Waals surface area contributed by atoms with Gasteiger partial charge in [-0.15, -0.1) is 5.10 Å². The predicted octanol–water partition coefficient (Wildman–Crippen LogP) is 4.25. The smallest absolute Gasteiger partial charge is 0.227 e. The molecule has 0 saturated heterocycles. The lowest BCUT2D eigenvalue weighted by Gasteiger charge is -2.25. The van der Waals surface area contributed by atoms with Gasteiger partial charge in [0.05, 0.1) is 0 Å². The molecule has 0 bridgehead atoms. The van der Waals surface area contributed by atoms with Crippen LogP contribution in [0.25, 0.3) is 0 Å². The van der Waals surface area contributed by atoms with E-state index in [0.29, 0.717) is 6.54 Å². The molecular weight excluding hydrogens is 341 g/mol. The summed E-state index contributed by atoms with van der Waals surface area (Å²) in [6.45, 7) is 2.72. The highest BCUT2D eigenvalue weighted by atomic mass is 35.6. The largest absolute Gasteiger partial charge is 0.230 e. The van der Waals surface area contributed by atoms with Crippen LogP contribution in [-0.4, -0.2) is 24.0 Å². The van der Waals surface area contributed by atoms with E-state index in [2.05, 4.69) is 22.4 Å². The fourth-order valence-electron chi connectivity index (χ4n) is 1.40. The van der Waals surface area contributed by atoms with Gasteiger partial charge in [0.25, 0.3) is 0 Å². The zero-order valence-corrected chi connectivity index (χ0v) is 13.5. The van der Waals surface area contributed by atoms with Crippen molar-refractivity contribution in [2.75, 3.05) is 0 Å². The van der Waals surface area contributed by atoms with Gasteiger partial charge >= 0.3 is 0 Å². The lowest BCUT2D eigenvalue weighted by Crippen LogP contribution is -2.32. The number of aryl methyl sites for hydroxylation is 1. The third kappa shape index (κ3) is 4.01. The van der Waals surface area contributed by atoms with Gasteiger partial charge in [-0.3, -0.25) is 0 Å². The van der Waals surface area contributed by atoms with Crippen molar-refractivity contribution in [1.29, 1.82) is 0 Å². The van der Waals surface area contributed by atoms with E-state index >= 15 is 0 Å². The zero-order chi connectivity index (χ0) is 13.8. The number of unbranched alkanes of at least 4 members (excludes halogenated alkanes) is 3. The van der Waals surface area contributed by atoms with Crippen molar-refractivity contribution in [3.63, 3.8) is 0 Å². The van der Waals surface area contributed by atoms with Gasteiger partial charge in [-0.1, -0.05) is 84.2 Å². The molecule has 1 aromatic rings. The molecule has 1 rings (SSSR count). The van der Waals surface area contributed by atoms with Gasteiger partial charge in [-0.05, 0) is 16.8 Å². The van der Waals surface area contributed by atoms with Crippen LogP contribution in [0, 0.1) is 0 Å². The Morgan fingerprint density at radius 2 is 1.72 bits per heavy atom. The van der Waals surface area contributed by atoms with Crippen LogP contribution in [0.5, 0.6) is 0 Å². The average Bonchev–Trinajstić information content (AvgIpc) is 2.71. The van der Waals surface area contributed by atoms with E-state index in [0.717, 1.165) is 25.7 Å². The molecular formula is C9H13Cl5N4. The summed E-state index contributed by atoms with van der Waals surface area (Å²) in [5.41, 5.74) is 0. The summed E-state index contributed by atoms with van der Waals surface area (Å²) in [4.78, 5) is 0.